The van der Waals surface area contributed by atoms with Crippen LogP contribution in [0, 0.1) is 11.8 Å². The first kappa shape index (κ1) is 24.1. The summed E-state index contributed by atoms with van der Waals surface area (Å²) in [5.41, 5.74) is 5.90. The van der Waals surface area contributed by atoms with E-state index in [9.17, 15) is 19.2 Å². The maximum atomic E-state index is 13.8. The number of esters is 1. The third-order valence-electron chi connectivity index (χ3n) is 8.23. The standard InChI is InChI=1S/C31H28N2O5/c1-3-18-10-4-9-15-23(18)32-24(34)16-38-31(37)17(2)33-29(35)27-25-19-11-5-6-12-20(19)26(28(27)30(33)36)22-14-8-7-13-21(22)25/h4-15,17,25-28H,3,16H2,1-2H3,(H,32,34)/t17-,25?,26?,27-,28+/m0/s1. The molecule has 2 bridgehead atoms. The molecule has 192 valence electrons. The van der Waals surface area contributed by atoms with E-state index in [1.807, 2.05) is 73.7 Å². The fourth-order valence-electron chi connectivity index (χ4n) is 6.58. The number of ether oxygens (including phenoxy) is 1. The van der Waals surface area contributed by atoms with Gasteiger partial charge in [-0.1, -0.05) is 73.7 Å². The molecule has 0 radical (unpaired) electrons. The van der Waals surface area contributed by atoms with Gasteiger partial charge in [-0.25, -0.2) is 4.79 Å². The van der Waals surface area contributed by atoms with Gasteiger partial charge in [0.1, 0.15) is 6.04 Å². The largest absolute Gasteiger partial charge is 0.454 e. The van der Waals surface area contributed by atoms with E-state index in [-0.39, 0.29) is 23.7 Å². The van der Waals surface area contributed by atoms with Crippen LogP contribution in [0.5, 0.6) is 0 Å². The van der Waals surface area contributed by atoms with Crippen LogP contribution in [-0.2, 0) is 30.3 Å². The highest BCUT2D eigenvalue weighted by molar-refractivity contribution is 6.10. The Hall–Kier alpha value is -4.26. The lowest BCUT2D eigenvalue weighted by Gasteiger charge is -2.45. The van der Waals surface area contributed by atoms with Crippen LogP contribution in [-0.4, -0.2) is 41.2 Å². The molecular weight excluding hydrogens is 480 g/mol. The topological polar surface area (TPSA) is 92.8 Å². The van der Waals surface area contributed by atoms with Crippen molar-refractivity contribution < 1.29 is 23.9 Å². The van der Waals surface area contributed by atoms with E-state index in [4.69, 9.17) is 4.74 Å². The van der Waals surface area contributed by atoms with Crippen LogP contribution in [0.15, 0.2) is 72.8 Å². The number of likely N-dealkylation sites (tertiary alicyclic amines) is 1. The third-order valence-corrected chi connectivity index (χ3v) is 8.23. The van der Waals surface area contributed by atoms with Crippen molar-refractivity contribution in [3.63, 3.8) is 0 Å². The van der Waals surface area contributed by atoms with Crippen molar-refractivity contribution in [2.45, 2.75) is 38.1 Å². The van der Waals surface area contributed by atoms with E-state index in [0.29, 0.717) is 5.69 Å². The lowest BCUT2D eigenvalue weighted by atomic mass is 9.55. The highest BCUT2D eigenvalue weighted by Gasteiger charge is 2.62. The van der Waals surface area contributed by atoms with Gasteiger partial charge in [0.2, 0.25) is 11.8 Å². The summed E-state index contributed by atoms with van der Waals surface area (Å²) < 4.78 is 5.27. The average Bonchev–Trinajstić information content (AvgIpc) is 3.21. The Balaban J connectivity index is 1.21. The van der Waals surface area contributed by atoms with Crippen molar-refractivity contribution in [3.8, 4) is 0 Å². The fraction of sp³-hybridized carbons (Fsp3) is 0.290. The summed E-state index contributed by atoms with van der Waals surface area (Å²) in [5, 5.41) is 2.76. The van der Waals surface area contributed by atoms with Crippen LogP contribution in [0.4, 0.5) is 5.69 Å². The van der Waals surface area contributed by atoms with Crippen molar-refractivity contribution in [2.75, 3.05) is 11.9 Å². The zero-order valence-electron chi connectivity index (χ0n) is 21.2. The number of hydrogen-bond acceptors (Lipinski definition) is 5. The minimum absolute atomic E-state index is 0.244. The van der Waals surface area contributed by atoms with Gasteiger partial charge in [0, 0.05) is 17.5 Å². The van der Waals surface area contributed by atoms with Crippen molar-refractivity contribution in [1.82, 2.24) is 4.90 Å². The van der Waals surface area contributed by atoms with Gasteiger partial charge >= 0.3 is 5.97 Å². The van der Waals surface area contributed by atoms with E-state index in [2.05, 4.69) is 5.32 Å². The molecule has 0 saturated carbocycles. The van der Waals surface area contributed by atoms with Gasteiger partial charge < -0.3 is 10.1 Å². The normalized spacial score (nSPS) is 23.4. The Morgan fingerprint density at radius 1 is 0.816 bits per heavy atom. The minimum atomic E-state index is -1.14. The van der Waals surface area contributed by atoms with E-state index in [1.165, 1.54) is 6.92 Å². The summed E-state index contributed by atoms with van der Waals surface area (Å²) in [4.78, 5) is 54.1. The van der Waals surface area contributed by atoms with Crippen LogP contribution < -0.4 is 5.32 Å². The molecule has 0 spiro atoms. The molecular formula is C31H28N2O5. The molecule has 7 nitrogen and oxygen atoms in total. The highest BCUT2D eigenvalue weighted by Crippen LogP contribution is 2.61. The number of nitrogens with zero attached hydrogens (tertiary/aromatic N) is 1. The molecule has 1 heterocycles. The molecule has 1 aliphatic heterocycles. The third kappa shape index (κ3) is 3.56. The van der Waals surface area contributed by atoms with Gasteiger partial charge in [0.25, 0.3) is 5.91 Å². The number of amides is 3. The number of rotatable bonds is 6. The first-order chi connectivity index (χ1) is 18.4. The fourth-order valence-corrected chi connectivity index (χ4v) is 6.58. The van der Waals surface area contributed by atoms with Gasteiger partial charge in [-0.3, -0.25) is 19.3 Å². The molecule has 3 aromatic rings. The Morgan fingerprint density at radius 2 is 1.29 bits per heavy atom. The van der Waals surface area contributed by atoms with Crippen molar-refractivity contribution >= 4 is 29.4 Å². The number of imide groups is 1. The number of para-hydroxylation sites is 1. The van der Waals surface area contributed by atoms with Crippen molar-refractivity contribution in [1.29, 1.82) is 0 Å². The molecule has 3 amide bonds. The monoisotopic (exact) mass is 508 g/mol. The second-order valence-electron chi connectivity index (χ2n) is 10.2. The van der Waals surface area contributed by atoms with Crippen LogP contribution in [0.3, 0.4) is 0 Å². The van der Waals surface area contributed by atoms with Crippen LogP contribution in [0.2, 0.25) is 0 Å². The molecule has 7 rings (SSSR count). The number of nitrogens with one attached hydrogen (secondary N) is 1. The maximum absolute atomic E-state index is 13.8. The zero-order valence-corrected chi connectivity index (χ0v) is 21.2. The van der Waals surface area contributed by atoms with E-state index >= 15 is 0 Å². The van der Waals surface area contributed by atoms with Crippen LogP contribution in [0.1, 0.15) is 53.5 Å². The average molecular weight is 509 g/mol. The predicted molar refractivity (Wildman–Crippen MR) is 140 cm³/mol. The number of carbonyl (C=O) groups excluding carboxylic acids is 4. The molecule has 3 aromatic carbocycles. The summed E-state index contributed by atoms with van der Waals surface area (Å²) in [6.07, 6.45) is 0.741. The summed E-state index contributed by atoms with van der Waals surface area (Å²) in [7, 11) is 0. The number of anilines is 1. The highest BCUT2D eigenvalue weighted by atomic mass is 16.5. The van der Waals surface area contributed by atoms with Crippen LogP contribution >= 0.6 is 0 Å². The lowest BCUT2D eigenvalue weighted by molar-refractivity contribution is -0.159. The molecule has 38 heavy (non-hydrogen) atoms. The predicted octanol–water partition coefficient (Wildman–Crippen LogP) is 4.01. The second-order valence-corrected chi connectivity index (χ2v) is 10.2. The number of benzene rings is 3. The Morgan fingerprint density at radius 3 is 1.79 bits per heavy atom. The Kier molecular flexibility index (Phi) is 5.86. The zero-order chi connectivity index (χ0) is 26.6. The molecule has 4 aliphatic rings. The Labute approximate surface area is 220 Å². The van der Waals surface area contributed by atoms with Crippen molar-refractivity contribution in [3.05, 3.63) is 101 Å². The molecule has 0 aromatic heterocycles. The number of hydrogen-bond donors (Lipinski definition) is 1. The van der Waals surface area contributed by atoms with Gasteiger partial charge in [-0.15, -0.1) is 0 Å². The van der Waals surface area contributed by atoms with Gasteiger partial charge in [-0.2, -0.15) is 0 Å². The quantitative estimate of drug-likeness (QED) is 0.401. The van der Waals surface area contributed by atoms with E-state index < -0.39 is 36.4 Å². The lowest BCUT2D eigenvalue weighted by Crippen LogP contribution is -2.45. The summed E-state index contributed by atoms with van der Waals surface area (Å²) in [6.45, 7) is 2.96. The molecule has 0 unspecified atom stereocenters. The molecule has 1 saturated heterocycles. The summed E-state index contributed by atoms with van der Waals surface area (Å²) in [5.74, 6) is -3.61. The Bertz CT molecular complexity index is 1360. The maximum Gasteiger partial charge on any atom is 0.329 e. The van der Waals surface area contributed by atoms with E-state index in [1.54, 1.807) is 6.07 Å². The molecule has 1 N–H and O–H groups in total. The molecule has 1 fully saturated rings. The van der Waals surface area contributed by atoms with Gasteiger partial charge in [-0.05, 0) is 47.2 Å². The number of carbonyl (C=O) groups is 4. The van der Waals surface area contributed by atoms with Gasteiger partial charge in [0.05, 0.1) is 11.8 Å². The van der Waals surface area contributed by atoms with Crippen molar-refractivity contribution in [2.24, 2.45) is 11.8 Å². The van der Waals surface area contributed by atoms with Gasteiger partial charge in [0.15, 0.2) is 6.61 Å². The first-order valence-corrected chi connectivity index (χ1v) is 13.0. The molecule has 3 atom stereocenters. The van der Waals surface area contributed by atoms with E-state index in [0.717, 1.165) is 39.1 Å². The smallest absolute Gasteiger partial charge is 0.329 e. The molecule has 3 aliphatic carbocycles. The second kappa shape index (κ2) is 9.24. The first-order valence-electron chi connectivity index (χ1n) is 13.0. The summed E-state index contributed by atoms with van der Waals surface area (Å²) in [6, 6.07) is 22.2. The SMILES string of the molecule is CCc1ccccc1NC(=O)COC(=O)[C@H](C)N1C(=O)[C@@H]2C3c4ccccc4C(c4ccccc43)[C@@H]2C1=O. The number of aryl methyl sites for hydroxylation is 1. The summed E-state index contributed by atoms with van der Waals surface area (Å²) >= 11 is 0. The van der Waals surface area contributed by atoms with Crippen LogP contribution in [0.25, 0.3) is 0 Å². The molecule has 7 heteroatoms. The minimum Gasteiger partial charge on any atom is -0.454 e.